The van der Waals surface area contributed by atoms with Crippen LogP contribution in [0.5, 0.6) is 11.5 Å². The number of anilines is 1. The molecule has 0 fully saturated rings. The summed E-state index contributed by atoms with van der Waals surface area (Å²) in [7, 11) is 1.52. The highest BCUT2D eigenvalue weighted by molar-refractivity contribution is 7.17. The summed E-state index contributed by atoms with van der Waals surface area (Å²) in [5.41, 5.74) is 5.48. The second-order valence-electron chi connectivity index (χ2n) is 9.33. The minimum absolute atomic E-state index is 0.213. The second kappa shape index (κ2) is 14.1. The van der Waals surface area contributed by atoms with Crippen LogP contribution in [0.4, 0.5) is 5.00 Å². The smallest absolute Gasteiger partial charge is 0.341 e. The molecule has 1 aromatic heterocycles. The van der Waals surface area contributed by atoms with Gasteiger partial charge in [0, 0.05) is 21.0 Å². The van der Waals surface area contributed by atoms with Gasteiger partial charge in [-0.1, -0.05) is 36.2 Å². The molecule has 0 saturated carbocycles. The number of thiophene rings is 1. The van der Waals surface area contributed by atoms with Crippen LogP contribution in [0.2, 0.25) is 5.02 Å². The average molecular weight is 598 g/mol. The van der Waals surface area contributed by atoms with E-state index in [1.165, 1.54) is 18.4 Å². The number of amides is 2. The fourth-order valence-corrected chi connectivity index (χ4v) is 5.91. The van der Waals surface area contributed by atoms with Crippen molar-refractivity contribution in [1.82, 2.24) is 5.43 Å². The topological polar surface area (TPSA) is 115 Å². The summed E-state index contributed by atoms with van der Waals surface area (Å²) >= 11 is 7.54. The minimum atomic E-state index is -0.964. The van der Waals surface area contributed by atoms with Gasteiger partial charge in [0.1, 0.15) is 11.6 Å². The minimum Gasteiger partial charge on any atom is -0.493 e. The lowest BCUT2D eigenvalue weighted by Gasteiger charge is -2.13. The molecule has 11 heteroatoms. The van der Waals surface area contributed by atoms with E-state index in [2.05, 4.69) is 15.8 Å². The molecule has 0 unspecified atom stereocenters. The maximum absolute atomic E-state index is 12.7. The lowest BCUT2D eigenvalue weighted by atomic mass is 10.1. The molecule has 0 spiro atoms. The van der Waals surface area contributed by atoms with E-state index in [9.17, 15) is 14.4 Å². The largest absolute Gasteiger partial charge is 0.493 e. The summed E-state index contributed by atoms with van der Waals surface area (Å²) < 4.78 is 16.6. The number of methoxy groups -OCH3 is 1. The SMILES string of the molecule is CCOC(=O)c1c(NC(=O)C(=O)NN=C(C)c2ccc(OCc3ccccc3Cl)c(OC)c2)sc2c1CCCCC2. The Morgan fingerprint density at radius 2 is 1.80 bits per heavy atom. The first-order chi connectivity index (χ1) is 19.8. The van der Waals surface area contributed by atoms with Gasteiger partial charge < -0.3 is 19.5 Å². The van der Waals surface area contributed by atoms with Crippen LogP contribution in [0.1, 0.15) is 65.0 Å². The molecular weight excluding hydrogens is 566 g/mol. The molecule has 1 aliphatic rings. The van der Waals surface area contributed by atoms with Gasteiger partial charge in [-0.05, 0) is 69.4 Å². The van der Waals surface area contributed by atoms with Gasteiger partial charge in [0.25, 0.3) is 0 Å². The third-order valence-corrected chi connectivity index (χ3v) is 8.16. The molecule has 0 saturated heterocycles. The summed E-state index contributed by atoms with van der Waals surface area (Å²) in [5, 5.41) is 7.62. The Labute approximate surface area is 247 Å². The number of hydrogen-bond donors (Lipinski definition) is 2. The number of esters is 1. The number of hydrazone groups is 1. The second-order valence-corrected chi connectivity index (χ2v) is 10.8. The molecule has 2 aromatic carbocycles. The summed E-state index contributed by atoms with van der Waals surface area (Å²) in [5.74, 6) is -1.40. The predicted molar refractivity (Wildman–Crippen MR) is 159 cm³/mol. The highest BCUT2D eigenvalue weighted by atomic mass is 35.5. The van der Waals surface area contributed by atoms with E-state index in [0.717, 1.165) is 48.1 Å². The van der Waals surface area contributed by atoms with Gasteiger partial charge in [-0.2, -0.15) is 5.10 Å². The highest BCUT2D eigenvalue weighted by Gasteiger charge is 2.28. The van der Waals surface area contributed by atoms with E-state index >= 15 is 0 Å². The number of halogens is 1. The van der Waals surface area contributed by atoms with E-state index in [1.54, 1.807) is 38.1 Å². The average Bonchev–Trinajstić information content (AvgIpc) is 3.14. The van der Waals surface area contributed by atoms with Crippen molar-refractivity contribution in [2.24, 2.45) is 5.10 Å². The van der Waals surface area contributed by atoms with E-state index < -0.39 is 17.8 Å². The van der Waals surface area contributed by atoms with Crippen molar-refractivity contribution in [3.05, 3.63) is 74.6 Å². The van der Waals surface area contributed by atoms with Crippen molar-refractivity contribution in [3.63, 3.8) is 0 Å². The lowest BCUT2D eigenvalue weighted by Crippen LogP contribution is -2.33. The van der Waals surface area contributed by atoms with Gasteiger partial charge in [0.15, 0.2) is 11.5 Å². The van der Waals surface area contributed by atoms with Gasteiger partial charge in [0.2, 0.25) is 0 Å². The van der Waals surface area contributed by atoms with Gasteiger partial charge >= 0.3 is 17.8 Å². The number of carbonyl (C=O) groups excluding carboxylic acids is 3. The van der Waals surface area contributed by atoms with Crippen molar-refractivity contribution in [1.29, 1.82) is 0 Å². The van der Waals surface area contributed by atoms with E-state index in [-0.39, 0.29) is 13.2 Å². The van der Waals surface area contributed by atoms with Gasteiger partial charge in [-0.15, -0.1) is 11.3 Å². The monoisotopic (exact) mass is 597 g/mol. The molecule has 0 atom stereocenters. The molecule has 1 aliphatic carbocycles. The Bertz CT molecular complexity index is 1470. The molecule has 3 aromatic rings. The normalized spacial score (nSPS) is 13.0. The molecule has 9 nitrogen and oxygen atoms in total. The molecule has 0 aliphatic heterocycles. The molecular formula is C30H32ClN3O6S. The Hall–Kier alpha value is -3.89. The first-order valence-corrected chi connectivity index (χ1v) is 14.5. The number of nitrogens with zero attached hydrogens (tertiary/aromatic N) is 1. The standard InChI is InChI=1S/C30H32ClN3O6S/c1-4-39-30(37)26-21-11-6-5-7-13-25(21)41-29(26)32-27(35)28(36)34-33-18(2)19-14-15-23(24(16-19)38-3)40-17-20-10-8-9-12-22(20)31/h8-10,12,14-16H,4-7,11,13,17H2,1-3H3,(H,32,35)(H,34,36). The van der Waals surface area contributed by atoms with Crippen LogP contribution in [0.3, 0.4) is 0 Å². The van der Waals surface area contributed by atoms with E-state index in [0.29, 0.717) is 38.4 Å². The highest BCUT2D eigenvalue weighted by Crippen LogP contribution is 2.38. The number of rotatable bonds is 9. The Kier molecular flexibility index (Phi) is 10.4. The van der Waals surface area contributed by atoms with Crippen LogP contribution in [0, 0.1) is 0 Å². The van der Waals surface area contributed by atoms with Crippen LogP contribution >= 0.6 is 22.9 Å². The molecule has 0 radical (unpaired) electrons. The van der Waals surface area contributed by atoms with Crippen molar-refractivity contribution < 1.29 is 28.6 Å². The van der Waals surface area contributed by atoms with Gasteiger partial charge in [0.05, 0.1) is 25.0 Å². The number of ether oxygens (including phenoxy) is 3. The predicted octanol–water partition coefficient (Wildman–Crippen LogP) is 5.91. The number of aryl methyl sites for hydroxylation is 1. The first-order valence-electron chi connectivity index (χ1n) is 13.3. The zero-order valence-electron chi connectivity index (χ0n) is 23.2. The zero-order valence-corrected chi connectivity index (χ0v) is 24.7. The number of hydrogen-bond acceptors (Lipinski definition) is 8. The molecule has 216 valence electrons. The third-order valence-electron chi connectivity index (χ3n) is 6.58. The Morgan fingerprint density at radius 3 is 2.56 bits per heavy atom. The molecule has 2 N–H and O–H groups in total. The van der Waals surface area contributed by atoms with Crippen LogP contribution in [0.15, 0.2) is 47.6 Å². The lowest BCUT2D eigenvalue weighted by molar-refractivity contribution is -0.136. The van der Waals surface area contributed by atoms with E-state index in [1.807, 2.05) is 18.2 Å². The van der Waals surface area contributed by atoms with Gasteiger partial charge in [-0.25, -0.2) is 10.2 Å². The fourth-order valence-electron chi connectivity index (χ4n) is 4.44. The number of fused-ring (bicyclic) bond motifs is 1. The van der Waals surface area contributed by atoms with Crippen LogP contribution in [-0.2, 0) is 33.8 Å². The summed E-state index contributed by atoms with van der Waals surface area (Å²) in [6.07, 6.45) is 4.60. The maximum Gasteiger partial charge on any atom is 0.341 e. The fraction of sp³-hybridized carbons (Fsp3) is 0.333. The van der Waals surface area contributed by atoms with Crippen molar-refractivity contribution in [2.45, 2.75) is 52.6 Å². The van der Waals surface area contributed by atoms with Crippen LogP contribution < -0.4 is 20.2 Å². The van der Waals surface area contributed by atoms with Crippen molar-refractivity contribution >= 4 is 51.4 Å². The van der Waals surface area contributed by atoms with Crippen molar-refractivity contribution in [3.8, 4) is 11.5 Å². The zero-order chi connectivity index (χ0) is 29.4. The quantitative estimate of drug-likeness (QED) is 0.104. The third kappa shape index (κ3) is 7.45. The summed E-state index contributed by atoms with van der Waals surface area (Å²) in [6, 6.07) is 12.6. The van der Waals surface area contributed by atoms with E-state index in [4.69, 9.17) is 25.8 Å². The van der Waals surface area contributed by atoms with Crippen LogP contribution in [0.25, 0.3) is 0 Å². The maximum atomic E-state index is 12.7. The summed E-state index contributed by atoms with van der Waals surface area (Å²) in [4.78, 5) is 39.1. The van der Waals surface area contributed by atoms with Crippen molar-refractivity contribution in [2.75, 3.05) is 19.0 Å². The molecule has 41 heavy (non-hydrogen) atoms. The number of carbonyl (C=O) groups is 3. The molecule has 2 amide bonds. The number of benzene rings is 2. The van der Waals surface area contributed by atoms with Crippen LogP contribution in [-0.4, -0.2) is 37.2 Å². The number of nitrogens with one attached hydrogen (secondary N) is 2. The Morgan fingerprint density at radius 1 is 1.02 bits per heavy atom. The molecule has 1 heterocycles. The summed E-state index contributed by atoms with van der Waals surface area (Å²) in [6.45, 7) is 3.89. The Balaban J connectivity index is 1.43. The molecule has 0 bridgehead atoms. The molecule has 4 rings (SSSR count). The van der Waals surface area contributed by atoms with Gasteiger partial charge in [-0.3, -0.25) is 9.59 Å². The first kappa shape index (κ1) is 30.1.